The van der Waals surface area contributed by atoms with Crippen LogP contribution in [0.4, 0.5) is 4.39 Å². The van der Waals surface area contributed by atoms with Crippen LogP contribution in [0.3, 0.4) is 0 Å². The highest BCUT2D eigenvalue weighted by atomic mass is 19.1. The van der Waals surface area contributed by atoms with Crippen LogP contribution < -0.4 is 9.47 Å². The third-order valence-electron chi connectivity index (χ3n) is 5.65. The number of methoxy groups -OCH3 is 1. The maximum absolute atomic E-state index is 13.2. The Hall–Kier alpha value is -2.86. The Morgan fingerprint density at radius 2 is 1.87 bits per heavy atom. The minimum absolute atomic E-state index is 0.0370. The van der Waals surface area contributed by atoms with E-state index in [0.717, 1.165) is 24.2 Å². The van der Waals surface area contributed by atoms with Gasteiger partial charge in [-0.05, 0) is 44.5 Å². The summed E-state index contributed by atoms with van der Waals surface area (Å²) in [4.78, 5) is 17.1. The third kappa shape index (κ3) is 5.64. The van der Waals surface area contributed by atoms with Crippen molar-refractivity contribution in [2.24, 2.45) is 0 Å². The van der Waals surface area contributed by atoms with Crippen molar-refractivity contribution in [3.05, 3.63) is 65.5 Å². The summed E-state index contributed by atoms with van der Waals surface area (Å²) < 4.78 is 24.5. The van der Waals surface area contributed by atoms with Crippen molar-refractivity contribution in [1.82, 2.24) is 9.80 Å². The largest absolute Gasteiger partial charge is 0.492 e. The SMILES string of the molecule is CC=Cc1cccc(OCC(=O)N2CC(C)N(Cc3ccc(F)cc3)CC2C)c1OC. The summed E-state index contributed by atoms with van der Waals surface area (Å²) in [6, 6.07) is 12.5. The zero-order valence-corrected chi connectivity index (χ0v) is 18.7. The van der Waals surface area contributed by atoms with Crippen molar-refractivity contribution in [3.63, 3.8) is 0 Å². The number of hydrogen-bond donors (Lipinski definition) is 0. The quantitative estimate of drug-likeness (QED) is 0.660. The summed E-state index contributed by atoms with van der Waals surface area (Å²) in [5.41, 5.74) is 1.98. The number of amides is 1. The molecule has 1 saturated heterocycles. The smallest absolute Gasteiger partial charge is 0.260 e. The molecule has 0 bridgehead atoms. The monoisotopic (exact) mass is 426 g/mol. The van der Waals surface area contributed by atoms with Gasteiger partial charge in [0.1, 0.15) is 5.82 Å². The molecular formula is C25H31FN2O3. The van der Waals surface area contributed by atoms with Gasteiger partial charge in [0.15, 0.2) is 18.1 Å². The van der Waals surface area contributed by atoms with Crippen molar-refractivity contribution in [3.8, 4) is 11.5 Å². The van der Waals surface area contributed by atoms with Gasteiger partial charge in [-0.2, -0.15) is 0 Å². The molecule has 166 valence electrons. The Morgan fingerprint density at radius 1 is 1.13 bits per heavy atom. The molecule has 2 atom stereocenters. The van der Waals surface area contributed by atoms with E-state index >= 15 is 0 Å². The molecule has 5 nitrogen and oxygen atoms in total. The normalized spacial score (nSPS) is 19.6. The molecule has 0 aliphatic carbocycles. The lowest BCUT2D eigenvalue weighted by molar-refractivity contribution is -0.139. The van der Waals surface area contributed by atoms with E-state index in [1.807, 2.05) is 54.3 Å². The van der Waals surface area contributed by atoms with Crippen LogP contribution in [0.15, 0.2) is 48.5 Å². The number of allylic oxidation sites excluding steroid dienone is 1. The fourth-order valence-electron chi connectivity index (χ4n) is 3.99. The molecular weight excluding hydrogens is 395 g/mol. The van der Waals surface area contributed by atoms with Crippen molar-refractivity contribution in [2.75, 3.05) is 26.8 Å². The summed E-state index contributed by atoms with van der Waals surface area (Å²) in [6.45, 7) is 8.18. The van der Waals surface area contributed by atoms with E-state index in [4.69, 9.17) is 9.47 Å². The first-order valence-corrected chi connectivity index (χ1v) is 10.6. The second-order valence-electron chi connectivity index (χ2n) is 7.97. The Kier molecular flexibility index (Phi) is 7.69. The Balaban J connectivity index is 1.60. The van der Waals surface area contributed by atoms with Crippen LogP contribution in [0.25, 0.3) is 6.08 Å². The van der Waals surface area contributed by atoms with Crippen molar-refractivity contribution in [2.45, 2.75) is 39.4 Å². The van der Waals surface area contributed by atoms with Gasteiger partial charge in [-0.15, -0.1) is 0 Å². The van der Waals surface area contributed by atoms with Crippen LogP contribution >= 0.6 is 0 Å². The minimum Gasteiger partial charge on any atom is -0.492 e. The molecule has 1 amide bonds. The number of benzene rings is 2. The number of nitrogens with zero attached hydrogens (tertiary/aromatic N) is 2. The number of piperazine rings is 1. The predicted molar refractivity (Wildman–Crippen MR) is 121 cm³/mol. The lowest BCUT2D eigenvalue weighted by Crippen LogP contribution is -2.58. The molecule has 2 aromatic carbocycles. The maximum atomic E-state index is 13.2. The van der Waals surface area contributed by atoms with Crippen molar-refractivity contribution < 1.29 is 18.7 Å². The number of halogens is 1. The fourth-order valence-corrected chi connectivity index (χ4v) is 3.99. The van der Waals surface area contributed by atoms with E-state index in [1.54, 1.807) is 7.11 Å². The highest BCUT2D eigenvalue weighted by Gasteiger charge is 2.32. The molecule has 1 fully saturated rings. The predicted octanol–water partition coefficient (Wildman–Crippen LogP) is 4.37. The van der Waals surface area contributed by atoms with Gasteiger partial charge in [-0.3, -0.25) is 9.69 Å². The summed E-state index contributed by atoms with van der Waals surface area (Å²) in [7, 11) is 1.60. The number of carbonyl (C=O) groups is 1. The molecule has 0 aromatic heterocycles. The van der Waals surface area contributed by atoms with Crippen LogP contribution in [0.2, 0.25) is 0 Å². The number of para-hydroxylation sites is 1. The summed E-state index contributed by atoms with van der Waals surface area (Å²) >= 11 is 0. The molecule has 31 heavy (non-hydrogen) atoms. The topological polar surface area (TPSA) is 42.0 Å². The molecule has 6 heteroatoms. The molecule has 3 rings (SSSR count). The van der Waals surface area contributed by atoms with Gasteiger partial charge >= 0.3 is 0 Å². The zero-order chi connectivity index (χ0) is 22.4. The Labute approximate surface area is 184 Å². The average molecular weight is 427 g/mol. The molecule has 0 N–H and O–H groups in total. The van der Waals surface area contributed by atoms with E-state index in [9.17, 15) is 9.18 Å². The number of ether oxygens (including phenoxy) is 2. The maximum Gasteiger partial charge on any atom is 0.260 e. The highest BCUT2D eigenvalue weighted by molar-refractivity contribution is 5.78. The van der Waals surface area contributed by atoms with Crippen molar-refractivity contribution >= 4 is 12.0 Å². The van der Waals surface area contributed by atoms with Crippen LogP contribution in [-0.4, -0.2) is 54.6 Å². The van der Waals surface area contributed by atoms with E-state index < -0.39 is 0 Å². The van der Waals surface area contributed by atoms with Crippen molar-refractivity contribution in [1.29, 1.82) is 0 Å². The highest BCUT2D eigenvalue weighted by Crippen LogP contribution is 2.32. The van der Waals surface area contributed by atoms with Gasteiger partial charge in [0.05, 0.1) is 7.11 Å². The molecule has 0 radical (unpaired) electrons. The molecule has 1 aliphatic heterocycles. The van der Waals surface area contributed by atoms with Gasteiger partial charge in [0.25, 0.3) is 5.91 Å². The molecule has 0 spiro atoms. The van der Waals surface area contributed by atoms with Crippen LogP contribution in [0, 0.1) is 5.82 Å². The van der Waals surface area contributed by atoms with Crippen LogP contribution in [-0.2, 0) is 11.3 Å². The van der Waals surface area contributed by atoms with Gasteiger partial charge in [0.2, 0.25) is 0 Å². The third-order valence-corrected chi connectivity index (χ3v) is 5.65. The van der Waals surface area contributed by atoms with Gasteiger partial charge < -0.3 is 14.4 Å². The Morgan fingerprint density at radius 3 is 2.55 bits per heavy atom. The molecule has 1 heterocycles. The first-order chi connectivity index (χ1) is 14.9. The summed E-state index contributed by atoms with van der Waals surface area (Å²) in [5, 5.41) is 0. The zero-order valence-electron chi connectivity index (χ0n) is 18.7. The van der Waals surface area contributed by atoms with Gasteiger partial charge in [-0.1, -0.05) is 36.4 Å². The molecule has 2 unspecified atom stereocenters. The van der Waals surface area contributed by atoms with Crippen LogP contribution in [0.5, 0.6) is 11.5 Å². The lowest BCUT2D eigenvalue weighted by atomic mass is 10.1. The fraction of sp³-hybridized carbons (Fsp3) is 0.400. The first kappa shape index (κ1) is 22.8. The van der Waals surface area contributed by atoms with E-state index in [1.165, 1.54) is 12.1 Å². The van der Waals surface area contributed by atoms with Gasteiger partial charge in [-0.25, -0.2) is 4.39 Å². The van der Waals surface area contributed by atoms with Crippen LogP contribution in [0.1, 0.15) is 31.9 Å². The Bertz CT molecular complexity index is 913. The lowest BCUT2D eigenvalue weighted by Gasteiger charge is -2.44. The number of hydrogen-bond acceptors (Lipinski definition) is 4. The molecule has 0 saturated carbocycles. The second-order valence-corrected chi connectivity index (χ2v) is 7.97. The van der Waals surface area contributed by atoms with E-state index in [0.29, 0.717) is 18.0 Å². The number of carbonyl (C=O) groups excluding carboxylic acids is 1. The van der Waals surface area contributed by atoms with Gasteiger partial charge in [0, 0.05) is 37.3 Å². The minimum atomic E-state index is -0.228. The average Bonchev–Trinajstić information content (AvgIpc) is 2.76. The van der Waals surface area contributed by atoms with E-state index in [-0.39, 0.29) is 30.4 Å². The molecule has 2 aromatic rings. The summed E-state index contributed by atoms with van der Waals surface area (Å²) in [6.07, 6.45) is 3.87. The number of rotatable bonds is 7. The molecule has 1 aliphatic rings. The summed E-state index contributed by atoms with van der Waals surface area (Å²) in [5.74, 6) is 0.911. The first-order valence-electron chi connectivity index (χ1n) is 10.6. The van der Waals surface area contributed by atoms with E-state index in [2.05, 4.69) is 18.7 Å². The standard InChI is InChI=1S/C25H31FN2O3/c1-5-7-21-8-6-9-23(25(21)30-4)31-17-24(29)28-15-18(2)27(14-19(28)3)16-20-10-12-22(26)13-11-20/h5-13,18-19H,14-17H2,1-4H3. The second kappa shape index (κ2) is 10.4.